The third-order valence-corrected chi connectivity index (χ3v) is 7.43. The molecule has 0 unspecified atom stereocenters. The molecule has 1 aliphatic rings. The molecule has 0 amide bonds. The zero-order chi connectivity index (χ0) is 29.9. The number of hydrogen-bond acceptors (Lipinski definition) is 10. The number of aromatic nitrogens is 2. The maximum atomic E-state index is 11.7. The smallest absolute Gasteiger partial charge is 0.238 e. The molecule has 5 atom stereocenters. The Morgan fingerprint density at radius 1 is 1.02 bits per heavy atom. The second-order valence-electron chi connectivity index (χ2n) is 11.0. The molecule has 6 N–H and O–H groups in total. The minimum atomic E-state index is -1.54. The molecule has 1 fully saturated rings. The molecule has 0 bridgehead atoms. The molecule has 230 valence electrons. The Balaban J connectivity index is 1.57. The summed E-state index contributed by atoms with van der Waals surface area (Å²) in [5.41, 5.74) is 3.70. The van der Waals surface area contributed by atoms with E-state index >= 15 is 0 Å². The number of hydrogen-bond donors (Lipinski definition) is 6. The standard InChI is InChI=1S/C30H46N2O9/c1-18(2)25-23(29(32-31-25)41-30-28(38)27(37)26(36)24(17-34)40-30)16-20-11-12-22(15-19(20)3)39-14-7-5-4-6-9-21(35)10-8-13-33/h11-12,15,18,24,26-28,30,33-34,36-38H,4-10,13-14,16-17H2,1-3H3,(H,31,32)/t24-,26-,27+,28-,30+/m1/s1. The van der Waals surface area contributed by atoms with Crippen LogP contribution < -0.4 is 9.47 Å². The van der Waals surface area contributed by atoms with Gasteiger partial charge in [0, 0.05) is 37.1 Å². The SMILES string of the molecule is Cc1cc(OCCCCCCC(=O)CCCO)ccc1Cc1c(O[C@@H]2O[C@H](CO)[C@@H](O)[C@H](O)[C@H]2O)n[nH]c1C(C)C. The Morgan fingerprint density at radius 3 is 2.44 bits per heavy atom. The van der Waals surface area contributed by atoms with E-state index in [9.17, 15) is 25.2 Å². The Bertz CT molecular complexity index is 1090. The number of unbranched alkanes of at least 4 members (excludes halogenated alkanes) is 3. The molecule has 1 aromatic carbocycles. The largest absolute Gasteiger partial charge is 0.494 e. The molecule has 0 saturated carbocycles. The Morgan fingerprint density at radius 2 is 1.76 bits per heavy atom. The van der Waals surface area contributed by atoms with Crippen LogP contribution in [0.1, 0.15) is 87.1 Å². The van der Waals surface area contributed by atoms with Gasteiger partial charge in [0.2, 0.25) is 12.2 Å². The Kier molecular flexibility index (Phi) is 13.0. The number of ether oxygens (including phenoxy) is 3. The first-order chi connectivity index (χ1) is 19.7. The van der Waals surface area contributed by atoms with Gasteiger partial charge in [-0.1, -0.05) is 32.8 Å². The van der Waals surface area contributed by atoms with E-state index in [1.807, 2.05) is 39.0 Å². The van der Waals surface area contributed by atoms with Crippen LogP contribution in [0.25, 0.3) is 0 Å². The fourth-order valence-corrected chi connectivity index (χ4v) is 4.90. The molecule has 11 heteroatoms. The maximum absolute atomic E-state index is 11.7. The van der Waals surface area contributed by atoms with E-state index < -0.39 is 37.3 Å². The van der Waals surface area contributed by atoms with Crippen LogP contribution in [0.4, 0.5) is 0 Å². The number of rotatable bonds is 17. The molecule has 2 aromatic rings. The van der Waals surface area contributed by atoms with Gasteiger partial charge in [-0.15, -0.1) is 5.10 Å². The van der Waals surface area contributed by atoms with Crippen LogP contribution in [0, 0.1) is 6.92 Å². The van der Waals surface area contributed by atoms with E-state index in [1.54, 1.807) is 0 Å². The third-order valence-electron chi connectivity index (χ3n) is 7.43. The van der Waals surface area contributed by atoms with Crippen LogP contribution in [0.5, 0.6) is 11.6 Å². The van der Waals surface area contributed by atoms with Crippen molar-refractivity contribution in [1.82, 2.24) is 10.2 Å². The van der Waals surface area contributed by atoms with Gasteiger partial charge in [-0.3, -0.25) is 9.89 Å². The summed E-state index contributed by atoms with van der Waals surface area (Å²) in [5, 5.41) is 56.2. The number of nitrogens with zero attached hydrogens (tertiary/aromatic N) is 1. The number of carbonyl (C=O) groups is 1. The van der Waals surface area contributed by atoms with Gasteiger partial charge in [0.05, 0.1) is 13.2 Å². The lowest BCUT2D eigenvalue weighted by Gasteiger charge is -2.39. The molecule has 0 radical (unpaired) electrons. The van der Waals surface area contributed by atoms with Crippen molar-refractivity contribution in [2.75, 3.05) is 19.8 Å². The van der Waals surface area contributed by atoms with Gasteiger partial charge in [-0.25, -0.2) is 0 Å². The lowest BCUT2D eigenvalue weighted by atomic mass is 9.96. The number of Topliss-reactive ketones (excluding diaryl/α,β-unsaturated/α-hetero) is 1. The van der Waals surface area contributed by atoms with Crippen LogP contribution in [0.15, 0.2) is 18.2 Å². The quantitative estimate of drug-likeness (QED) is 0.153. The van der Waals surface area contributed by atoms with Crippen LogP contribution in [0.3, 0.4) is 0 Å². The second-order valence-corrected chi connectivity index (χ2v) is 11.0. The number of ketones is 1. The highest BCUT2D eigenvalue weighted by molar-refractivity contribution is 5.78. The maximum Gasteiger partial charge on any atom is 0.238 e. The van der Waals surface area contributed by atoms with Gasteiger partial charge in [0.1, 0.15) is 35.9 Å². The van der Waals surface area contributed by atoms with Crippen molar-refractivity contribution in [2.24, 2.45) is 0 Å². The van der Waals surface area contributed by atoms with E-state index in [2.05, 4.69) is 10.2 Å². The minimum Gasteiger partial charge on any atom is -0.494 e. The summed E-state index contributed by atoms with van der Waals surface area (Å²) >= 11 is 0. The molecule has 1 aliphatic heterocycles. The summed E-state index contributed by atoms with van der Waals surface area (Å²) in [6.07, 6.45) is -1.15. The molecule has 1 saturated heterocycles. The predicted octanol–water partition coefficient (Wildman–Crippen LogP) is 2.28. The average molecular weight is 579 g/mol. The molecule has 11 nitrogen and oxygen atoms in total. The molecule has 41 heavy (non-hydrogen) atoms. The minimum absolute atomic E-state index is 0.0623. The normalized spacial score (nSPS) is 22.7. The third kappa shape index (κ3) is 9.22. The van der Waals surface area contributed by atoms with Crippen molar-refractivity contribution in [1.29, 1.82) is 0 Å². The highest BCUT2D eigenvalue weighted by atomic mass is 16.7. The number of aliphatic hydroxyl groups excluding tert-OH is 5. The highest BCUT2D eigenvalue weighted by Gasteiger charge is 2.45. The summed E-state index contributed by atoms with van der Waals surface area (Å²) in [7, 11) is 0. The highest BCUT2D eigenvalue weighted by Crippen LogP contribution is 2.32. The number of nitrogens with one attached hydrogen (secondary N) is 1. The van der Waals surface area contributed by atoms with Crippen LogP contribution in [0.2, 0.25) is 0 Å². The van der Waals surface area contributed by atoms with Crippen molar-refractivity contribution in [3.8, 4) is 11.6 Å². The van der Waals surface area contributed by atoms with E-state index in [4.69, 9.17) is 19.3 Å². The van der Waals surface area contributed by atoms with E-state index in [0.29, 0.717) is 32.3 Å². The van der Waals surface area contributed by atoms with Crippen LogP contribution in [-0.2, 0) is 16.0 Å². The fraction of sp³-hybridized carbons (Fsp3) is 0.667. The first-order valence-electron chi connectivity index (χ1n) is 14.5. The van der Waals surface area contributed by atoms with Gasteiger partial charge >= 0.3 is 0 Å². The van der Waals surface area contributed by atoms with Crippen molar-refractivity contribution in [3.63, 3.8) is 0 Å². The molecule has 0 spiro atoms. The van der Waals surface area contributed by atoms with Crippen molar-refractivity contribution < 1.29 is 44.5 Å². The summed E-state index contributed by atoms with van der Waals surface area (Å²) in [6.45, 7) is 6.15. The fourth-order valence-electron chi connectivity index (χ4n) is 4.90. The summed E-state index contributed by atoms with van der Waals surface area (Å²) in [6, 6.07) is 5.91. The number of H-pyrrole nitrogens is 1. The van der Waals surface area contributed by atoms with Gasteiger partial charge < -0.3 is 39.7 Å². The number of aryl methyl sites for hydroxylation is 1. The molecule has 0 aliphatic carbocycles. The second kappa shape index (κ2) is 16.2. The van der Waals surface area contributed by atoms with E-state index in [-0.39, 0.29) is 24.2 Å². The van der Waals surface area contributed by atoms with Crippen LogP contribution in [-0.4, -0.2) is 92.0 Å². The van der Waals surface area contributed by atoms with E-state index in [0.717, 1.165) is 53.8 Å². The lowest BCUT2D eigenvalue weighted by Crippen LogP contribution is -2.60. The first kappa shape index (κ1) is 33.0. The molecule has 1 aromatic heterocycles. The number of aromatic amines is 1. The molecular weight excluding hydrogens is 532 g/mol. The Hall–Kier alpha value is -2.54. The lowest BCUT2D eigenvalue weighted by molar-refractivity contribution is -0.278. The van der Waals surface area contributed by atoms with E-state index in [1.165, 1.54) is 0 Å². The monoisotopic (exact) mass is 578 g/mol. The molecular formula is C30H46N2O9. The number of carbonyl (C=O) groups excluding carboxylic acids is 1. The summed E-state index contributed by atoms with van der Waals surface area (Å²) in [4.78, 5) is 11.7. The average Bonchev–Trinajstić information content (AvgIpc) is 3.35. The van der Waals surface area contributed by atoms with Crippen molar-refractivity contribution >= 4 is 5.78 Å². The zero-order valence-corrected chi connectivity index (χ0v) is 24.3. The Labute approximate surface area is 241 Å². The number of benzene rings is 1. The first-order valence-corrected chi connectivity index (χ1v) is 14.5. The topological polar surface area (TPSA) is 175 Å². The summed E-state index contributed by atoms with van der Waals surface area (Å²) < 4.78 is 17.4. The van der Waals surface area contributed by atoms with Gasteiger partial charge in [0.25, 0.3) is 0 Å². The zero-order valence-electron chi connectivity index (χ0n) is 24.3. The van der Waals surface area contributed by atoms with Gasteiger partial charge in [0.15, 0.2) is 0 Å². The molecule has 3 rings (SSSR count). The van der Waals surface area contributed by atoms with Crippen molar-refractivity contribution in [2.45, 2.75) is 109 Å². The van der Waals surface area contributed by atoms with Crippen LogP contribution >= 0.6 is 0 Å². The van der Waals surface area contributed by atoms with Crippen molar-refractivity contribution in [3.05, 3.63) is 40.6 Å². The predicted molar refractivity (Wildman–Crippen MR) is 151 cm³/mol. The molecule has 2 heterocycles. The number of aliphatic hydroxyl groups is 5. The van der Waals surface area contributed by atoms with Gasteiger partial charge in [-0.2, -0.15) is 0 Å². The summed E-state index contributed by atoms with van der Waals surface area (Å²) in [5.74, 6) is 1.31. The van der Waals surface area contributed by atoms with Gasteiger partial charge in [-0.05, 0) is 55.4 Å².